The van der Waals surface area contributed by atoms with Gasteiger partial charge in [0.05, 0.1) is 0 Å². The van der Waals surface area contributed by atoms with Gasteiger partial charge in [-0.05, 0) is 17.7 Å². The lowest BCUT2D eigenvalue weighted by molar-refractivity contribution is -0.131. The second-order valence-electron chi connectivity index (χ2n) is 2.19. The predicted octanol–water partition coefficient (Wildman–Crippen LogP) is 2.55. The maximum Gasteiger partial charge on any atom is 0.328 e. The average Bonchev–Trinajstić information content (AvgIpc) is 2.03. The van der Waals surface area contributed by atoms with Crippen LogP contribution in [0.4, 0.5) is 0 Å². The lowest BCUT2D eigenvalue weighted by atomic mass is 10.2. The van der Waals surface area contributed by atoms with Crippen molar-refractivity contribution in [1.29, 1.82) is 0 Å². The summed E-state index contributed by atoms with van der Waals surface area (Å²) in [5, 5.41) is 8.36. The largest absolute Gasteiger partial charge is 0.478 e. The third-order valence-electron chi connectivity index (χ3n) is 1.31. The Morgan fingerprint density at radius 2 is 2.08 bits per heavy atom. The van der Waals surface area contributed by atoms with Gasteiger partial charge in [0, 0.05) is 10.5 Å². The SMILES string of the molecule is O=C(O)/C=C/c1ccccc1Br. The van der Waals surface area contributed by atoms with Crippen LogP contribution in [0.25, 0.3) is 6.08 Å². The van der Waals surface area contributed by atoms with Crippen molar-refractivity contribution in [2.45, 2.75) is 0 Å². The molecule has 0 atom stereocenters. The molecule has 0 heterocycles. The maximum atomic E-state index is 10.2. The van der Waals surface area contributed by atoms with E-state index in [1.807, 2.05) is 24.3 Å². The fraction of sp³-hybridized carbons (Fsp3) is 0. The minimum atomic E-state index is -0.939. The summed E-state index contributed by atoms with van der Waals surface area (Å²) < 4.78 is 0.891. The number of benzene rings is 1. The summed E-state index contributed by atoms with van der Waals surface area (Å²) in [5.74, 6) is -0.939. The van der Waals surface area contributed by atoms with Crippen LogP contribution in [0, 0.1) is 0 Å². The number of rotatable bonds is 2. The van der Waals surface area contributed by atoms with Crippen LogP contribution in [0.2, 0.25) is 0 Å². The number of hydrogen-bond donors (Lipinski definition) is 1. The van der Waals surface area contributed by atoms with Gasteiger partial charge in [0.2, 0.25) is 0 Å². The summed E-state index contributed by atoms with van der Waals surface area (Å²) in [6.07, 6.45) is 2.66. The first-order valence-corrected chi connectivity index (χ1v) is 4.15. The highest BCUT2D eigenvalue weighted by atomic mass is 79.9. The molecular weight excluding hydrogens is 220 g/mol. The standard InChI is InChI=1S/C9H7BrO2/c10-8-4-2-1-3-7(8)5-6-9(11)12/h1-6H,(H,11,12)/b6-5+. The zero-order chi connectivity index (χ0) is 8.97. The van der Waals surface area contributed by atoms with E-state index in [1.165, 1.54) is 0 Å². The van der Waals surface area contributed by atoms with E-state index in [0.717, 1.165) is 16.1 Å². The Morgan fingerprint density at radius 1 is 1.42 bits per heavy atom. The lowest BCUT2D eigenvalue weighted by Gasteiger charge is -1.94. The molecule has 12 heavy (non-hydrogen) atoms. The Balaban J connectivity index is 2.89. The molecule has 0 aliphatic heterocycles. The van der Waals surface area contributed by atoms with Crippen molar-refractivity contribution < 1.29 is 9.90 Å². The number of halogens is 1. The van der Waals surface area contributed by atoms with Crippen LogP contribution in [-0.2, 0) is 4.79 Å². The molecule has 1 aromatic rings. The molecule has 0 amide bonds. The Morgan fingerprint density at radius 3 is 2.67 bits per heavy atom. The topological polar surface area (TPSA) is 37.3 Å². The molecule has 0 saturated heterocycles. The average molecular weight is 227 g/mol. The van der Waals surface area contributed by atoms with Crippen LogP contribution in [-0.4, -0.2) is 11.1 Å². The van der Waals surface area contributed by atoms with E-state index in [-0.39, 0.29) is 0 Å². The molecule has 62 valence electrons. The highest BCUT2D eigenvalue weighted by Gasteiger charge is 1.93. The van der Waals surface area contributed by atoms with Gasteiger partial charge in [0.25, 0.3) is 0 Å². The zero-order valence-electron chi connectivity index (χ0n) is 6.20. The van der Waals surface area contributed by atoms with Crippen molar-refractivity contribution in [3.05, 3.63) is 40.4 Å². The number of hydrogen-bond acceptors (Lipinski definition) is 1. The van der Waals surface area contributed by atoms with Gasteiger partial charge in [-0.3, -0.25) is 0 Å². The summed E-state index contributed by atoms with van der Waals surface area (Å²) in [7, 11) is 0. The maximum absolute atomic E-state index is 10.2. The number of aliphatic carboxylic acids is 1. The van der Waals surface area contributed by atoms with Crippen molar-refractivity contribution in [2.75, 3.05) is 0 Å². The highest BCUT2D eigenvalue weighted by Crippen LogP contribution is 2.16. The minimum absolute atomic E-state index is 0.861. The Kier molecular flexibility index (Phi) is 3.05. The van der Waals surface area contributed by atoms with Crippen LogP contribution in [0.1, 0.15) is 5.56 Å². The molecule has 1 N–H and O–H groups in total. The van der Waals surface area contributed by atoms with Gasteiger partial charge in [-0.25, -0.2) is 4.79 Å². The lowest BCUT2D eigenvalue weighted by Crippen LogP contribution is -1.85. The molecule has 3 heteroatoms. The molecule has 0 radical (unpaired) electrons. The fourth-order valence-corrected chi connectivity index (χ4v) is 1.19. The molecule has 0 fully saturated rings. The second-order valence-corrected chi connectivity index (χ2v) is 3.05. The Bertz CT molecular complexity index is 318. The van der Waals surface area contributed by atoms with E-state index in [2.05, 4.69) is 15.9 Å². The van der Waals surface area contributed by atoms with Gasteiger partial charge in [0.15, 0.2) is 0 Å². The number of carboxylic acid groups (broad SMARTS) is 1. The Hall–Kier alpha value is -1.09. The molecule has 2 nitrogen and oxygen atoms in total. The first-order valence-electron chi connectivity index (χ1n) is 3.35. The van der Waals surface area contributed by atoms with E-state index in [9.17, 15) is 4.79 Å². The molecule has 0 spiro atoms. The van der Waals surface area contributed by atoms with Crippen LogP contribution >= 0.6 is 15.9 Å². The quantitative estimate of drug-likeness (QED) is 0.788. The molecule has 0 unspecified atom stereocenters. The third kappa shape index (κ3) is 2.51. The molecule has 1 aromatic carbocycles. The van der Waals surface area contributed by atoms with Gasteiger partial charge in [0.1, 0.15) is 0 Å². The molecule has 0 aromatic heterocycles. The van der Waals surface area contributed by atoms with Gasteiger partial charge in [-0.1, -0.05) is 34.1 Å². The van der Waals surface area contributed by atoms with Crippen LogP contribution < -0.4 is 0 Å². The van der Waals surface area contributed by atoms with Gasteiger partial charge in [-0.15, -0.1) is 0 Å². The summed E-state index contributed by atoms with van der Waals surface area (Å²) in [5.41, 5.74) is 0.861. The van der Waals surface area contributed by atoms with Gasteiger partial charge in [-0.2, -0.15) is 0 Å². The van der Waals surface area contributed by atoms with E-state index in [1.54, 1.807) is 6.08 Å². The molecule has 0 saturated carbocycles. The Labute approximate surface area is 78.7 Å². The molecular formula is C9H7BrO2. The van der Waals surface area contributed by atoms with Crippen LogP contribution in [0.3, 0.4) is 0 Å². The monoisotopic (exact) mass is 226 g/mol. The van der Waals surface area contributed by atoms with Crippen molar-refractivity contribution in [2.24, 2.45) is 0 Å². The summed E-state index contributed by atoms with van der Waals surface area (Å²) in [6, 6.07) is 7.43. The molecule has 0 bridgehead atoms. The summed E-state index contributed by atoms with van der Waals surface area (Å²) >= 11 is 3.30. The van der Waals surface area contributed by atoms with E-state index < -0.39 is 5.97 Å². The van der Waals surface area contributed by atoms with Gasteiger partial charge < -0.3 is 5.11 Å². The number of carboxylic acids is 1. The van der Waals surface area contributed by atoms with Crippen LogP contribution in [0.5, 0.6) is 0 Å². The van der Waals surface area contributed by atoms with Crippen molar-refractivity contribution >= 4 is 28.0 Å². The fourth-order valence-electron chi connectivity index (χ4n) is 0.771. The molecule has 1 rings (SSSR count). The predicted molar refractivity (Wildman–Crippen MR) is 50.8 cm³/mol. The number of carbonyl (C=O) groups is 1. The third-order valence-corrected chi connectivity index (χ3v) is 2.03. The summed E-state index contributed by atoms with van der Waals surface area (Å²) in [6.45, 7) is 0. The first-order chi connectivity index (χ1) is 5.70. The minimum Gasteiger partial charge on any atom is -0.478 e. The smallest absolute Gasteiger partial charge is 0.328 e. The van der Waals surface area contributed by atoms with Crippen molar-refractivity contribution in [3.63, 3.8) is 0 Å². The van der Waals surface area contributed by atoms with E-state index >= 15 is 0 Å². The van der Waals surface area contributed by atoms with E-state index in [0.29, 0.717) is 0 Å². The van der Waals surface area contributed by atoms with E-state index in [4.69, 9.17) is 5.11 Å². The normalized spacial score (nSPS) is 10.4. The summed E-state index contributed by atoms with van der Waals surface area (Å²) in [4.78, 5) is 10.2. The highest BCUT2D eigenvalue weighted by molar-refractivity contribution is 9.10. The van der Waals surface area contributed by atoms with Crippen molar-refractivity contribution in [1.82, 2.24) is 0 Å². The van der Waals surface area contributed by atoms with Crippen LogP contribution in [0.15, 0.2) is 34.8 Å². The second kappa shape index (κ2) is 4.07. The zero-order valence-corrected chi connectivity index (χ0v) is 7.78. The molecule has 0 aliphatic rings. The van der Waals surface area contributed by atoms with Crippen molar-refractivity contribution in [3.8, 4) is 0 Å². The first kappa shape index (κ1) is 9.00. The van der Waals surface area contributed by atoms with Gasteiger partial charge >= 0.3 is 5.97 Å². The molecule has 0 aliphatic carbocycles.